The molecule has 0 radical (unpaired) electrons. The summed E-state index contributed by atoms with van der Waals surface area (Å²) in [7, 11) is -4.18. The van der Waals surface area contributed by atoms with E-state index in [2.05, 4.69) is 4.18 Å². The monoisotopic (exact) mass is 341 g/mol. The van der Waals surface area contributed by atoms with Gasteiger partial charge in [-0.3, -0.25) is 4.18 Å². The number of hydrogen-bond acceptors (Lipinski definition) is 8. The highest BCUT2D eigenvalue weighted by Gasteiger charge is 2.53. The number of nitrogens with two attached hydrogens (primary N) is 1. The average Bonchev–Trinajstić information content (AvgIpc) is 2.56. The van der Waals surface area contributed by atoms with E-state index in [0.29, 0.717) is 0 Å². The van der Waals surface area contributed by atoms with Gasteiger partial charge in [0.25, 0.3) is 0 Å². The predicted octanol–water partition coefficient (Wildman–Crippen LogP) is -0.412. The van der Waals surface area contributed by atoms with E-state index in [1.807, 2.05) is 0 Å². The molecule has 130 valence electrons. The third kappa shape index (κ3) is 4.83. The van der Waals surface area contributed by atoms with Crippen LogP contribution in [0.1, 0.15) is 34.1 Å². The largest absolute Gasteiger partial charge is 0.366 e. The molecule has 9 nitrogen and oxygen atoms in total. The molecule has 0 aromatic rings. The Morgan fingerprint density at radius 1 is 1.32 bits per heavy atom. The van der Waals surface area contributed by atoms with Gasteiger partial charge in [0.1, 0.15) is 12.7 Å². The van der Waals surface area contributed by atoms with Crippen molar-refractivity contribution >= 4 is 10.3 Å². The molecule has 3 N–H and O–H groups in total. The normalized spacial score (nSPS) is 35.4. The van der Waals surface area contributed by atoms with E-state index < -0.39 is 34.3 Å². The quantitative estimate of drug-likeness (QED) is 0.646. The lowest BCUT2D eigenvalue weighted by Gasteiger charge is -2.42. The van der Waals surface area contributed by atoms with Crippen LogP contribution in [0.4, 0.5) is 0 Å². The molecule has 0 unspecified atom stereocenters. The van der Waals surface area contributed by atoms with Gasteiger partial charge in [0.15, 0.2) is 17.4 Å². The van der Waals surface area contributed by atoms with Crippen molar-refractivity contribution in [3.05, 3.63) is 0 Å². The number of aliphatic hydroxyl groups is 1. The maximum Gasteiger partial charge on any atom is 0.333 e. The molecule has 0 bridgehead atoms. The van der Waals surface area contributed by atoms with E-state index in [9.17, 15) is 13.5 Å². The lowest BCUT2D eigenvalue weighted by molar-refractivity contribution is -0.363. The molecule has 2 aliphatic rings. The van der Waals surface area contributed by atoms with Crippen molar-refractivity contribution in [2.45, 2.75) is 63.7 Å². The maximum atomic E-state index is 11.0. The summed E-state index contributed by atoms with van der Waals surface area (Å²) < 4.78 is 49.2. The molecule has 0 aliphatic carbocycles. The molecule has 2 saturated heterocycles. The second kappa shape index (κ2) is 5.64. The molecular formula is C12H23NO8S. The Bertz CT molecular complexity index is 514. The zero-order chi connectivity index (χ0) is 16.8. The highest BCUT2D eigenvalue weighted by Crippen LogP contribution is 2.40. The second-order valence-electron chi connectivity index (χ2n) is 6.44. The van der Waals surface area contributed by atoms with Crippen LogP contribution in [0.25, 0.3) is 0 Å². The van der Waals surface area contributed by atoms with Crippen LogP contribution in [0.3, 0.4) is 0 Å². The highest BCUT2D eigenvalue weighted by molar-refractivity contribution is 7.84. The fourth-order valence-corrected chi connectivity index (χ4v) is 2.99. The molecule has 22 heavy (non-hydrogen) atoms. The summed E-state index contributed by atoms with van der Waals surface area (Å²) >= 11 is 0. The van der Waals surface area contributed by atoms with E-state index in [4.69, 9.17) is 24.1 Å². The SMILES string of the molecule is CC(C)(O)O[C@@]1(COS(N)(=O)=O)C[C@@H]2OC(C)(C)O[C@@H]2CO1. The Hall–Kier alpha value is -0.330. The summed E-state index contributed by atoms with van der Waals surface area (Å²) in [6.07, 6.45) is -0.557. The zero-order valence-corrected chi connectivity index (χ0v) is 13.9. The standard InChI is InChI=1S/C12H23NO8S/c1-10(2,14)21-12(7-18-22(13,15)16)5-8-9(6-17-12)20-11(3,4)19-8/h8-9,14H,5-7H2,1-4H3,(H2,13,15,16)/t8-,9+,12+/m0/s1. The van der Waals surface area contributed by atoms with Gasteiger partial charge in [-0.1, -0.05) is 0 Å². The first kappa shape index (κ1) is 18.0. The molecule has 2 fully saturated rings. The molecule has 0 spiro atoms. The van der Waals surface area contributed by atoms with Crippen LogP contribution >= 0.6 is 0 Å². The van der Waals surface area contributed by atoms with Crippen LogP contribution in [0, 0.1) is 0 Å². The number of fused-ring (bicyclic) bond motifs is 1. The lowest BCUT2D eigenvalue weighted by atomic mass is 10.0. The summed E-state index contributed by atoms with van der Waals surface area (Å²) in [5.74, 6) is -3.84. The van der Waals surface area contributed by atoms with Gasteiger partial charge in [-0.25, -0.2) is 5.14 Å². The third-order valence-electron chi connectivity index (χ3n) is 3.19. The minimum absolute atomic E-state index is 0.109. The molecule has 3 atom stereocenters. The van der Waals surface area contributed by atoms with Gasteiger partial charge >= 0.3 is 10.3 Å². The van der Waals surface area contributed by atoms with Crippen molar-refractivity contribution in [3.63, 3.8) is 0 Å². The lowest BCUT2D eigenvalue weighted by Crippen LogP contribution is -2.56. The van der Waals surface area contributed by atoms with Crippen molar-refractivity contribution in [2.24, 2.45) is 5.14 Å². The fraction of sp³-hybridized carbons (Fsp3) is 1.00. The van der Waals surface area contributed by atoms with Crippen LogP contribution in [0.2, 0.25) is 0 Å². The van der Waals surface area contributed by atoms with Gasteiger partial charge < -0.3 is 24.1 Å². The van der Waals surface area contributed by atoms with Gasteiger partial charge in [-0.15, -0.1) is 0 Å². The fourth-order valence-electron chi connectivity index (χ4n) is 2.65. The van der Waals surface area contributed by atoms with Crippen molar-refractivity contribution < 1.29 is 36.7 Å². The van der Waals surface area contributed by atoms with E-state index in [1.54, 1.807) is 13.8 Å². The van der Waals surface area contributed by atoms with Crippen molar-refractivity contribution in [1.82, 2.24) is 0 Å². The minimum Gasteiger partial charge on any atom is -0.366 e. The van der Waals surface area contributed by atoms with Gasteiger partial charge in [0.05, 0.1) is 12.7 Å². The van der Waals surface area contributed by atoms with Crippen LogP contribution in [-0.4, -0.2) is 56.3 Å². The van der Waals surface area contributed by atoms with Crippen LogP contribution in [-0.2, 0) is 33.4 Å². The Labute approximate surface area is 129 Å². The van der Waals surface area contributed by atoms with Crippen molar-refractivity contribution in [2.75, 3.05) is 13.2 Å². The average molecular weight is 341 g/mol. The van der Waals surface area contributed by atoms with Crippen LogP contribution in [0.15, 0.2) is 0 Å². The van der Waals surface area contributed by atoms with E-state index >= 15 is 0 Å². The second-order valence-corrected chi connectivity index (χ2v) is 7.66. The van der Waals surface area contributed by atoms with E-state index in [1.165, 1.54) is 13.8 Å². The highest BCUT2D eigenvalue weighted by atomic mass is 32.2. The molecule has 0 aromatic heterocycles. The first-order chi connectivity index (χ1) is 9.79. The summed E-state index contributed by atoms with van der Waals surface area (Å²) in [4.78, 5) is 0. The van der Waals surface area contributed by atoms with E-state index in [0.717, 1.165) is 0 Å². The number of hydrogen-bond donors (Lipinski definition) is 2. The molecule has 2 rings (SSSR count). The third-order valence-corrected chi connectivity index (χ3v) is 3.63. The number of rotatable bonds is 5. The smallest absolute Gasteiger partial charge is 0.333 e. The Balaban J connectivity index is 2.16. The summed E-state index contributed by atoms with van der Waals surface area (Å²) in [6.45, 7) is 5.95. The first-order valence-electron chi connectivity index (χ1n) is 6.89. The molecular weight excluding hydrogens is 318 g/mol. The first-order valence-corrected chi connectivity index (χ1v) is 8.36. The van der Waals surface area contributed by atoms with Gasteiger partial charge in [-0.2, -0.15) is 8.42 Å². The Kier molecular flexibility index (Phi) is 4.62. The molecule has 0 saturated carbocycles. The maximum absolute atomic E-state index is 11.0. The van der Waals surface area contributed by atoms with Gasteiger partial charge in [0.2, 0.25) is 0 Å². The van der Waals surface area contributed by atoms with E-state index in [-0.39, 0.29) is 25.2 Å². The predicted molar refractivity (Wildman–Crippen MR) is 73.6 cm³/mol. The zero-order valence-electron chi connectivity index (χ0n) is 13.1. The number of ether oxygens (including phenoxy) is 4. The van der Waals surface area contributed by atoms with Gasteiger partial charge in [-0.05, 0) is 27.7 Å². The van der Waals surface area contributed by atoms with Gasteiger partial charge in [0, 0.05) is 6.42 Å². The minimum atomic E-state index is -4.18. The molecule has 2 aliphatic heterocycles. The summed E-state index contributed by atoms with van der Waals surface area (Å²) in [5, 5.41) is 14.7. The Morgan fingerprint density at radius 2 is 1.91 bits per heavy atom. The molecule has 0 amide bonds. The van der Waals surface area contributed by atoms with Crippen LogP contribution < -0.4 is 5.14 Å². The summed E-state index contributed by atoms with van der Waals surface area (Å²) in [5.41, 5.74) is 0. The Morgan fingerprint density at radius 3 is 2.45 bits per heavy atom. The topological polar surface area (TPSA) is 127 Å². The molecule has 0 aromatic carbocycles. The molecule has 10 heteroatoms. The van der Waals surface area contributed by atoms with Crippen LogP contribution in [0.5, 0.6) is 0 Å². The van der Waals surface area contributed by atoms with Crippen molar-refractivity contribution in [1.29, 1.82) is 0 Å². The molecule has 2 heterocycles. The summed E-state index contributed by atoms with van der Waals surface area (Å²) in [6, 6.07) is 0. The van der Waals surface area contributed by atoms with Crippen molar-refractivity contribution in [3.8, 4) is 0 Å².